The highest BCUT2D eigenvalue weighted by Gasteiger charge is 2.62. The Bertz CT molecular complexity index is 2480. The van der Waals surface area contributed by atoms with E-state index in [2.05, 4.69) is 21.9 Å². The summed E-state index contributed by atoms with van der Waals surface area (Å²) in [6, 6.07) is 8.54. The van der Waals surface area contributed by atoms with Crippen molar-refractivity contribution in [1.29, 1.82) is 0 Å². The molecule has 3 N–H and O–H groups in total. The van der Waals surface area contributed by atoms with Gasteiger partial charge in [0.2, 0.25) is 21.8 Å². The van der Waals surface area contributed by atoms with E-state index in [1.165, 1.54) is 11.0 Å². The number of aromatic nitrogens is 1. The van der Waals surface area contributed by atoms with E-state index in [0.717, 1.165) is 25.7 Å². The van der Waals surface area contributed by atoms with E-state index in [0.29, 0.717) is 69.7 Å². The van der Waals surface area contributed by atoms with Crippen molar-refractivity contribution in [1.82, 2.24) is 25.2 Å². The summed E-state index contributed by atoms with van der Waals surface area (Å²) in [5.41, 5.74) is 0.345. The molecule has 8 rings (SSSR count). The number of sulfonamides is 1. The maximum Gasteiger partial charge on any atom is 0.408 e. The summed E-state index contributed by atoms with van der Waals surface area (Å²) in [5, 5.41) is 6.22. The minimum atomic E-state index is -3.93. The average molecular weight is 846 g/mol. The Hall–Kier alpha value is -5.58. The fourth-order valence-electron chi connectivity index (χ4n) is 8.44. The predicted octanol–water partition coefficient (Wildman–Crippen LogP) is 5.25. The number of ether oxygens (including phenoxy) is 4. The zero-order valence-electron chi connectivity index (χ0n) is 34.2. The molecule has 3 saturated carbocycles. The van der Waals surface area contributed by atoms with Crippen LogP contribution in [0.3, 0.4) is 0 Å². The van der Waals surface area contributed by atoms with Gasteiger partial charge in [0.15, 0.2) is 11.3 Å². The first-order valence-electron chi connectivity index (χ1n) is 20.7. The number of fused-ring (bicyclic) bond motifs is 4. The normalized spacial score (nSPS) is 23.4. The van der Waals surface area contributed by atoms with Crippen LogP contribution in [-0.2, 0) is 29.1 Å². The highest BCUT2D eigenvalue weighted by Crippen LogP contribution is 2.46. The number of rotatable bonds is 15. The van der Waals surface area contributed by atoms with Gasteiger partial charge < -0.3 is 38.9 Å². The van der Waals surface area contributed by atoms with Crippen molar-refractivity contribution in [3.05, 3.63) is 49.1 Å². The summed E-state index contributed by atoms with van der Waals surface area (Å²) < 4.78 is 57.9. The summed E-state index contributed by atoms with van der Waals surface area (Å²) >= 11 is 0. The van der Waals surface area contributed by atoms with Crippen LogP contribution in [0.15, 0.2) is 53.5 Å². The molecule has 4 aromatic rings. The Kier molecular flexibility index (Phi) is 11.1. The number of amides is 4. The molecule has 4 aliphatic rings. The van der Waals surface area contributed by atoms with E-state index in [1.807, 2.05) is 19.1 Å². The molecule has 2 aromatic carbocycles. The SMILES string of the molecule is C=C[C@@H]1C[C@]1(NC(=O)[C@@H]1C[C@@H](Oc2c3ccc(OC)cc3nc3c2oc2cc(OCC)ccc23)CN1C(=O)[C@@H](NC(=O)OC1CCCC1)C(C)C)C(=O)NS(=O)(=O)C1CC1. The van der Waals surface area contributed by atoms with Crippen molar-refractivity contribution in [3.63, 3.8) is 0 Å². The Labute approximate surface area is 347 Å². The van der Waals surface area contributed by atoms with E-state index in [-0.39, 0.29) is 25.5 Å². The smallest absolute Gasteiger partial charge is 0.408 e. The van der Waals surface area contributed by atoms with Gasteiger partial charge >= 0.3 is 6.09 Å². The van der Waals surface area contributed by atoms with Gasteiger partial charge in [-0.1, -0.05) is 19.9 Å². The Balaban J connectivity index is 1.14. The van der Waals surface area contributed by atoms with Gasteiger partial charge in [0.1, 0.15) is 52.4 Å². The van der Waals surface area contributed by atoms with Gasteiger partial charge in [-0.2, -0.15) is 0 Å². The topological polar surface area (TPSA) is 205 Å². The van der Waals surface area contributed by atoms with E-state index in [4.69, 9.17) is 28.3 Å². The summed E-state index contributed by atoms with van der Waals surface area (Å²) in [7, 11) is -2.37. The molecule has 4 fully saturated rings. The molecule has 0 unspecified atom stereocenters. The van der Waals surface area contributed by atoms with Gasteiger partial charge in [-0.3, -0.25) is 19.1 Å². The molecule has 1 aliphatic heterocycles. The highest BCUT2D eigenvalue weighted by molar-refractivity contribution is 7.91. The number of carbonyl (C=O) groups excluding carboxylic acids is 4. The standard InChI is InChI=1S/C43H51N5O11S/c1-6-24-21-43(24,41(51)47-60(53,54)29-14-15-29)46-39(49)33-19-28(22-48(33)40(50)35(23(3)4)45-42(52)58-25-10-8-9-11-25)57-37-30-16-12-26(55-5)18-32(30)44-36-31-17-13-27(56-7-2)20-34(31)59-38(36)37/h6,12-13,16-18,20,23-25,28-29,33,35H,1,7-11,14-15,19,21-22H2,2-5H3,(H,45,52)(H,46,49)(H,47,51)/t24-,28-,33+,35+,43-/m1/s1. The lowest BCUT2D eigenvalue weighted by Crippen LogP contribution is -2.59. The molecule has 0 bridgehead atoms. The van der Waals surface area contributed by atoms with Crippen LogP contribution in [0, 0.1) is 11.8 Å². The van der Waals surface area contributed by atoms with E-state index >= 15 is 0 Å². The second kappa shape index (κ2) is 16.1. The van der Waals surface area contributed by atoms with E-state index in [9.17, 15) is 27.6 Å². The lowest BCUT2D eigenvalue weighted by molar-refractivity contribution is -0.141. The largest absolute Gasteiger partial charge is 0.497 e. The quantitative estimate of drug-likeness (QED) is 0.131. The number of likely N-dealkylation sites (tertiary alicyclic amines) is 1. The maximum atomic E-state index is 14.7. The molecule has 320 valence electrons. The molecule has 0 spiro atoms. The van der Waals surface area contributed by atoms with Crippen LogP contribution in [-0.4, -0.2) is 97.5 Å². The minimum Gasteiger partial charge on any atom is -0.497 e. The number of benzene rings is 2. The maximum absolute atomic E-state index is 14.7. The molecule has 16 nitrogen and oxygen atoms in total. The monoisotopic (exact) mass is 845 g/mol. The van der Waals surface area contributed by atoms with Crippen molar-refractivity contribution >= 4 is 66.8 Å². The predicted molar refractivity (Wildman–Crippen MR) is 221 cm³/mol. The molecular formula is C43H51N5O11S. The van der Waals surface area contributed by atoms with Crippen LogP contribution in [0.5, 0.6) is 17.2 Å². The fourth-order valence-corrected chi connectivity index (χ4v) is 9.80. The van der Waals surface area contributed by atoms with Crippen molar-refractivity contribution in [2.75, 3.05) is 20.3 Å². The number of methoxy groups -OCH3 is 1. The number of hydrogen-bond donors (Lipinski definition) is 3. The number of carbonyl (C=O) groups is 4. The van der Waals surface area contributed by atoms with Gasteiger partial charge in [-0.25, -0.2) is 18.2 Å². The Morgan fingerprint density at radius 1 is 1.03 bits per heavy atom. The second-order valence-electron chi connectivity index (χ2n) is 16.5. The number of hydrogen-bond acceptors (Lipinski definition) is 12. The van der Waals surface area contributed by atoms with Crippen LogP contribution < -0.4 is 29.6 Å². The first-order valence-corrected chi connectivity index (χ1v) is 22.2. The molecule has 4 amide bonds. The third kappa shape index (κ3) is 7.90. The number of nitrogens with one attached hydrogen (secondary N) is 3. The Morgan fingerprint density at radius 3 is 2.43 bits per heavy atom. The van der Waals surface area contributed by atoms with Crippen LogP contribution in [0.4, 0.5) is 4.79 Å². The van der Waals surface area contributed by atoms with Crippen LogP contribution >= 0.6 is 0 Å². The molecule has 3 heterocycles. The van der Waals surface area contributed by atoms with Gasteiger partial charge in [0.25, 0.3) is 5.91 Å². The van der Waals surface area contributed by atoms with Gasteiger partial charge in [-0.05, 0) is 82.1 Å². The third-order valence-corrected chi connectivity index (χ3v) is 13.8. The molecule has 3 aliphatic carbocycles. The minimum absolute atomic E-state index is 0.0259. The summed E-state index contributed by atoms with van der Waals surface area (Å²) in [6.45, 7) is 9.62. The van der Waals surface area contributed by atoms with E-state index < -0.39 is 74.7 Å². The van der Waals surface area contributed by atoms with Gasteiger partial charge in [0, 0.05) is 35.2 Å². The number of alkyl carbamates (subject to hydrolysis) is 1. The molecule has 2 aromatic heterocycles. The number of nitrogens with zero attached hydrogens (tertiary/aromatic N) is 2. The lowest BCUT2D eigenvalue weighted by Gasteiger charge is -2.31. The van der Waals surface area contributed by atoms with Crippen molar-refractivity contribution in [3.8, 4) is 17.2 Å². The summed E-state index contributed by atoms with van der Waals surface area (Å²) in [5.74, 6) is -1.53. The van der Waals surface area contributed by atoms with Crippen LogP contribution in [0.2, 0.25) is 0 Å². The molecule has 60 heavy (non-hydrogen) atoms. The molecule has 1 saturated heterocycles. The first-order chi connectivity index (χ1) is 28.7. The van der Waals surface area contributed by atoms with Crippen molar-refractivity contribution in [2.24, 2.45) is 11.8 Å². The summed E-state index contributed by atoms with van der Waals surface area (Å²) in [6.07, 6.45) is 4.11. The van der Waals surface area contributed by atoms with Crippen molar-refractivity contribution in [2.45, 2.75) is 107 Å². The summed E-state index contributed by atoms with van der Waals surface area (Å²) in [4.78, 5) is 62.3. The van der Waals surface area contributed by atoms with Gasteiger partial charge in [0.05, 0.1) is 31.0 Å². The van der Waals surface area contributed by atoms with Gasteiger partial charge in [-0.15, -0.1) is 6.58 Å². The number of furan rings is 1. The van der Waals surface area contributed by atoms with Crippen LogP contribution in [0.1, 0.15) is 72.1 Å². The fraction of sp³-hybridized carbons (Fsp3) is 0.512. The third-order valence-electron chi connectivity index (χ3n) is 12.0. The average Bonchev–Trinajstić information content (AvgIpc) is 4.05. The molecule has 0 radical (unpaired) electrons. The van der Waals surface area contributed by atoms with Crippen LogP contribution in [0.25, 0.3) is 33.0 Å². The lowest BCUT2D eigenvalue weighted by atomic mass is 10.0. The molecular weight excluding hydrogens is 795 g/mol. The zero-order valence-corrected chi connectivity index (χ0v) is 35.0. The molecule has 5 atom stereocenters. The Morgan fingerprint density at radius 2 is 1.77 bits per heavy atom. The second-order valence-corrected chi connectivity index (χ2v) is 18.5. The highest BCUT2D eigenvalue weighted by atomic mass is 32.2. The number of pyridine rings is 1. The molecule has 17 heteroatoms. The first kappa shape index (κ1) is 41.2. The van der Waals surface area contributed by atoms with Crippen molar-refractivity contribution < 1.29 is 51.0 Å². The zero-order chi connectivity index (χ0) is 42.5. The van der Waals surface area contributed by atoms with E-state index in [1.54, 1.807) is 45.2 Å².